The van der Waals surface area contributed by atoms with Crippen molar-refractivity contribution in [2.45, 2.75) is 38.5 Å². The SMILES string of the molecule is CN=C(NCc1ccc(Cl)nc1)NC1CC(C)N(Cc2ccccc2)C1. The highest BCUT2D eigenvalue weighted by Crippen LogP contribution is 2.20. The molecule has 2 unspecified atom stereocenters. The number of hydrogen-bond donors (Lipinski definition) is 2. The quantitative estimate of drug-likeness (QED) is 0.482. The average molecular weight is 372 g/mol. The molecule has 2 atom stereocenters. The van der Waals surface area contributed by atoms with E-state index >= 15 is 0 Å². The fraction of sp³-hybridized carbons (Fsp3) is 0.400. The smallest absolute Gasteiger partial charge is 0.191 e. The van der Waals surface area contributed by atoms with Crippen molar-refractivity contribution in [3.8, 4) is 0 Å². The topological polar surface area (TPSA) is 52.6 Å². The van der Waals surface area contributed by atoms with Crippen LogP contribution < -0.4 is 10.6 Å². The van der Waals surface area contributed by atoms with Crippen molar-refractivity contribution in [2.75, 3.05) is 13.6 Å². The number of nitrogens with one attached hydrogen (secondary N) is 2. The fourth-order valence-corrected chi connectivity index (χ4v) is 3.44. The molecule has 0 bridgehead atoms. The first-order valence-electron chi connectivity index (χ1n) is 8.99. The number of aromatic nitrogens is 1. The van der Waals surface area contributed by atoms with Gasteiger partial charge in [-0.2, -0.15) is 0 Å². The molecule has 2 aromatic rings. The molecule has 1 aromatic carbocycles. The zero-order valence-corrected chi connectivity index (χ0v) is 16.1. The second kappa shape index (κ2) is 9.01. The summed E-state index contributed by atoms with van der Waals surface area (Å²) in [7, 11) is 1.80. The molecule has 0 amide bonds. The summed E-state index contributed by atoms with van der Waals surface area (Å²) >= 11 is 5.83. The Morgan fingerprint density at radius 1 is 1.23 bits per heavy atom. The van der Waals surface area contributed by atoms with E-state index in [1.165, 1.54) is 5.56 Å². The van der Waals surface area contributed by atoms with Gasteiger partial charge in [-0.1, -0.05) is 48.0 Å². The summed E-state index contributed by atoms with van der Waals surface area (Å²) in [5.74, 6) is 0.818. The van der Waals surface area contributed by atoms with Gasteiger partial charge in [0.05, 0.1) is 0 Å². The molecule has 3 rings (SSSR count). The second-order valence-electron chi connectivity index (χ2n) is 6.76. The number of likely N-dealkylation sites (tertiary alicyclic amines) is 1. The van der Waals surface area contributed by atoms with Gasteiger partial charge in [-0.3, -0.25) is 9.89 Å². The lowest BCUT2D eigenvalue weighted by atomic mass is 10.2. The van der Waals surface area contributed by atoms with Crippen LogP contribution in [0, 0.1) is 0 Å². The average Bonchev–Trinajstić information content (AvgIpc) is 3.00. The van der Waals surface area contributed by atoms with E-state index in [1.807, 2.05) is 6.07 Å². The molecule has 1 aliphatic rings. The van der Waals surface area contributed by atoms with Crippen molar-refractivity contribution < 1.29 is 0 Å². The molecular formula is C20H26ClN5. The summed E-state index contributed by atoms with van der Waals surface area (Å²) in [6.07, 6.45) is 2.89. The minimum Gasteiger partial charge on any atom is -0.352 e. The number of nitrogens with zero attached hydrogens (tertiary/aromatic N) is 3. The Kier molecular flexibility index (Phi) is 6.47. The van der Waals surface area contributed by atoms with Crippen molar-refractivity contribution in [2.24, 2.45) is 4.99 Å². The van der Waals surface area contributed by atoms with E-state index in [-0.39, 0.29) is 0 Å². The Balaban J connectivity index is 1.50. The summed E-state index contributed by atoms with van der Waals surface area (Å²) < 4.78 is 0. The van der Waals surface area contributed by atoms with Crippen LogP contribution in [-0.4, -0.2) is 41.5 Å². The number of pyridine rings is 1. The molecule has 1 fully saturated rings. The monoisotopic (exact) mass is 371 g/mol. The number of hydrogen-bond acceptors (Lipinski definition) is 3. The molecule has 0 spiro atoms. The van der Waals surface area contributed by atoms with Gasteiger partial charge in [-0.25, -0.2) is 4.98 Å². The van der Waals surface area contributed by atoms with Crippen LogP contribution in [0.4, 0.5) is 0 Å². The van der Waals surface area contributed by atoms with Gasteiger partial charge >= 0.3 is 0 Å². The molecule has 1 aromatic heterocycles. The minimum absolute atomic E-state index is 0.392. The largest absolute Gasteiger partial charge is 0.352 e. The van der Waals surface area contributed by atoms with Gasteiger partial charge in [-0.15, -0.1) is 0 Å². The Morgan fingerprint density at radius 2 is 2.04 bits per heavy atom. The number of halogens is 1. The summed E-state index contributed by atoms with van der Waals surface area (Å²) in [4.78, 5) is 11.0. The molecule has 2 N–H and O–H groups in total. The Labute approximate surface area is 160 Å². The minimum atomic E-state index is 0.392. The van der Waals surface area contributed by atoms with E-state index in [1.54, 1.807) is 19.3 Å². The second-order valence-corrected chi connectivity index (χ2v) is 7.14. The van der Waals surface area contributed by atoms with Crippen LogP contribution in [0.2, 0.25) is 5.15 Å². The van der Waals surface area contributed by atoms with E-state index in [4.69, 9.17) is 11.6 Å². The van der Waals surface area contributed by atoms with Gasteiger partial charge in [0.25, 0.3) is 0 Å². The Morgan fingerprint density at radius 3 is 2.73 bits per heavy atom. The highest BCUT2D eigenvalue weighted by atomic mass is 35.5. The Hall–Kier alpha value is -2.11. The van der Waals surface area contributed by atoms with Crippen molar-refractivity contribution in [1.29, 1.82) is 0 Å². The first-order valence-corrected chi connectivity index (χ1v) is 9.37. The van der Waals surface area contributed by atoms with E-state index < -0.39 is 0 Å². The Bertz CT molecular complexity index is 717. The van der Waals surface area contributed by atoms with E-state index in [0.29, 0.717) is 23.8 Å². The van der Waals surface area contributed by atoms with Crippen molar-refractivity contribution in [3.63, 3.8) is 0 Å². The predicted molar refractivity (Wildman–Crippen MR) is 107 cm³/mol. The first kappa shape index (κ1) is 18.7. The molecule has 0 aliphatic carbocycles. The highest BCUT2D eigenvalue weighted by molar-refractivity contribution is 6.29. The number of aliphatic imine (C=N–C) groups is 1. The van der Waals surface area contributed by atoms with Crippen LogP contribution in [-0.2, 0) is 13.1 Å². The van der Waals surface area contributed by atoms with Crippen LogP contribution in [0.15, 0.2) is 53.7 Å². The standard InChI is InChI=1S/C20H26ClN5/c1-15-10-18(14-26(15)13-16-6-4-3-5-7-16)25-20(22-2)24-12-17-8-9-19(21)23-11-17/h3-9,11,15,18H,10,12-14H2,1-2H3,(H2,22,24,25). The predicted octanol–water partition coefficient (Wildman–Crippen LogP) is 3.06. The number of guanidine groups is 1. The number of benzene rings is 1. The first-order chi connectivity index (χ1) is 12.6. The van der Waals surface area contributed by atoms with Crippen LogP contribution in [0.1, 0.15) is 24.5 Å². The molecule has 0 radical (unpaired) electrons. The van der Waals surface area contributed by atoms with Gasteiger partial charge in [0.2, 0.25) is 0 Å². The summed E-state index contributed by atoms with van der Waals surface area (Å²) in [5, 5.41) is 7.40. The van der Waals surface area contributed by atoms with Crippen LogP contribution >= 0.6 is 11.6 Å². The molecule has 5 nitrogen and oxygen atoms in total. The fourth-order valence-electron chi connectivity index (χ4n) is 3.33. The third-order valence-electron chi connectivity index (χ3n) is 4.75. The molecule has 6 heteroatoms. The molecule has 1 aliphatic heterocycles. The summed E-state index contributed by atoms with van der Waals surface area (Å²) in [6, 6.07) is 15.3. The van der Waals surface area contributed by atoms with Crippen LogP contribution in [0.3, 0.4) is 0 Å². The lowest BCUT2D eigenvalue weighted by molar-refractivity contribution is 0.258. The van der Waals surface area contributed by atoms with Crippen molar-refractivity contribution >= 4 is 17.6 Å². The molecule has 138 valence electrons. The maximum atomic E-state index is 5.83. The molecule has 1 saturated heterocycles. The summed E-state index contributed by atoms with van der Waals surface area (Å²) in [5.41, 5.74) is 2.43. The molecule has 0 saturated carbocycles. The molecule has 26 heavy (non-hydrogen) atoms. The van der Waals surface area contributed by atoms with Gasteiger partial charge in [0.15, 0.2) is 5.96 Å². The summed E-state index contributed by atoms with van der Waals surface area (Å²) in [6.45, 7) is 4.96. The van der Waals surface area contributed by atoms with Gasteiger partial charge < -0.3 is 10.6 Å². The van der Waals surface area contributed by atoms with Crippen LogP contribution in [0.5, 0.6) is 0 Å². The third-order valence-corrected chi connectivity index (χ3v) is 4.97. The van der Waals surface area contributed by atoms with E-state index in [0.717, 1.165) is 31.0 Å². The third kappa shape index (κ3) is 5.19. The van der Waals surface area contributed by atoms with Crippen molar-refractivity contribution in [3.05, 3.63) is 64.9 Å². The van der Waals surface area contributed by atoms with E-state index in [2.05, 4.69) is 62.8 Å². The van der Waals surface area contributed by atoms with Crippen LogP contribution in [0.25, 0.3) is 0 Å². The van der Waals surface area contributed by atoms with Gasteiger partial charge in [0.1, 0.15) is 5.15 Å². The molecular weight excluding hydrogens is 346 g/mol. The zero-order valence-electron chi connectivity index (χ0n) is 15.3. The van der Waals surface area contributed by atoms with Crippen molar-refractivity contribution in [1.82, 2.24) is 20.5 Å². The zero-order chi connectivity index (χ0) is 18.4. The van der Waals surface area contributed by atoms with Gasteiger partial charge in [0, 0.05) is 45.0 Å². The van der Waals surface area contributed by atoms with Gasteiger partial charge in [-0.05, 0) is 30.5 Å². The van der Waals surface area contributed by atoms with E-state index in [9.17, 15) is 0 Å². The lowest BCUT2D eigenvalue weighted by Gasteiger charge is -2.21. The molecule has 2 heterocycles. The normalized spacial score (nSPS) is 21.0. The maximum absolute atomic E-state index is 5.83. The highest BCUT2D eigenvalue weighted by Gasteiger charge is 2.29. The number of rotatable bonds is 5. The maximum Gasteiger partial charge on any atom is 0.191 e. The lowest BCUT2D eigenvalue weighted by Crippen LogP contribution is -2.44.